The van der Waals surface area contributed by atoms with Crippen LogP contribution >= 0.6 is 34.8 Å². The first kappa shape index (κ1) is 63.3. The van der Waals surface area contributed by atoms with Crippen LogP contribution in [0.15, 0.2) is 72.8 Å². The predicted molar refractivity (Wildman–Crippen MR) is 361 cm³/mol. The number of benzene rings is 3. The minimum atomic E-state index is 0.0432. The lowest BCUT2D eigenvalue weighted by Crippen LogP contribution is -2.27. The molecule has 6 aromatic rings. The summed E-state index contributed by atoms with van der Waals surface area (Å²) >= 11 is 18.9. The van der Waals surface area contributed by atoms with E-state index < -0.39 is 0 Å². The molecule has 15 heteroatoms. The molecule has 0 bridgehead atoms. The Kier molecular flexibility index (Phi) is 20.9. The largest absolute Gasteiger partial charge is 0.348 e. The van der Waals surface area contributed by atoms with E-state index in [9.17, 15) is 14.4 Å². The third-order valence-corrected chi connectivity index (χ3v) is 22.2. The van der Waals surface area contributed by atoms with Crippen LogP contribution in [0.1, 0.15) is 310 Å². The lowest BCUT2D eigenvalue weighted by atomic mass is 9.89. The van der Waals surface area contributed by atoms with Crippen molar-refractivity contribution in [2.75, 3.05) is 0 Å². The Morgan fingerprint density at radius 2 is 0.756 bits per heavy atom. The maximum absolute atomic E-state index is 13.1. The zero-order chi connectivity index (χ0) is 61.5. The molecular weight excluding hydrogens is 1180 g/mol. The highest BCUT2D eigenvalue weighted by molar-refractivity contribution is 6.31. The van der Waals surface area contributed by atoms with Crippen molar-refractivity contribution < 1.29 is 14.4 Å². The molecule has 9 aliphatic rings. The molecule has 0 radical (unpaired) electrons. The number of hydrogen-bond donors (Lipinski definition) is 3. The number of carbonyl (C=O) groups is 3. The van der Waals surface area contributed by atoms with Crippen molar-refractivity contribution >= 4 is 52.5 Å². The van der Waals surface area contributed by atoms with Crippen LogP contribution < -0.4 is 16.0 Å². The zero-order valence-electron chi connectivity index (χ0n) is 53.1. The minimum absolute atomic E-state index is 0.0432. The average Bonchev–Trinajstić information content (AvgIpc) is 1.87. The molecule has 90 heavy (non-hydrogen) atoms. The van der Waals surface area contributed by atoms with Crippen LogP contribution in [0.3, 0.4) is 0 Å². The van der Waals surface area contributed by atoms with Crippen molar-refractivity contribution in [1.82, 2.24) is 45.3 Å². The fourth-order valence-corrected chi connectivity index (χ4v) is 16.7. The molecule has 3 aromatic heterocycles. The topological polar surface area (TPSA) is 141 Å². The van der Waals surface area contributed by atoms with Crippen LogP contribution in [-0.4, -0.2) is 65.2 Å². The smallest absolute Gasteiger partial charge is 0.272 e. The Morgan fingerprint density at radius 3 is 1.14 bits per heavy atom. The zero-order valence-corrected chi connectivity index (χ0v) is 55.4. The minimum Gasteiger partial charge on any atom is -0.348 e. The van der Waals surface area contributed by atoms with E-state index in [4.69, 9.17) is 50.1 Å². The van der Waals surface area contributed by atoms with Crippen molar-refractivity contribution in [3.8, 4) is 0 Å². The summed E-state index contributed by atoms with van der Waals surface area (Å²) in [5, 5.41) is 27.1. The number of nitrogens with one attached hydrogen (secondary N) is 3. The standard InChI is InChI=1S/3C25H32ClN3O/c26-22-13-7-5-8-17(22)16-18-9-4-6-12-21-23(25(30)27-19-14-15-19)28-29(24(18)21)20-10-2-1-3-11-20;26-19-9-6-7-17(16-19)15-18-8-4-5-12-22-23(25(30)27-20-13-14-20)28-29(24(18)22)21-10-2-1-3-11-21;26-19-12-10-17(11-13-19)16-18-6-4-5-9-22-23(25(30)27-20-14-15-20)28-29(24(18)22)21-7-2-1-3-8-21/h5,7-8,13,18-20H,1-4,6,9-12,14-16H2,(H,27,30);6-7,9,16,18,20-21H,1-5,8,10-15H2,(H,27,30);10-13,18,20-21H,1-9,14-16H2,(H,27,30). The highest BCUT2D eigenvalue weighted by atomic mass is 35.5. The van der Waals surface area contributed by atoms with Crippen LogP contribution in [0, 0.1) is 0 Å². The lowest BCUT2D eigenvalue weighted by molar-refractivity contribution is 0.0935. The molecule has 0 spiro atoms. The predicted octanol–water partition coefficient (Wildman–Crippen LogP) is 18.0. The summed E-state index contributed by atoms with van der Waals surface area (Å²) in [6.45, 7) is 0. The average molecular weight is 1280 g/mol. The van der Waals surface area contributed by atoms with E-state index in [0.29, 0.717) is 71.1 Å². The van der Waals surface area contributed by atoms with E-state index in [1.807, 2.05) is 36.4 Å². The van der Waals surface area contributed by atoms with Crippen LogP contribution in [0.5, 0.6) is 0 Å². The number of nitrogens with zero attached hydrogens (tertiary/aromatic N) is 6. The van der Waals surface area contributed by atoms with E-state index >= 15 is 0 Å². The van der Waals surface area contributed by atoms with Gasteiger partial charge < -0.3 is 16.0 Å². The Labute approximate surface area is 549 Å². The van der Waals surface area contributed by atoms with Gasteiger partial charge in [0.05, 0.1) is 18.1 Å². The third kappa shape index (κ3) is 15.6. The molecule has 3 unspecified atom stereocenters. The number of aromatic nitrogens is 6. The first-order chi connectivity index (χ1) is 44.1. The van der Waals surface area contributed by atoms with Crippen LogP contribution in [-0.2, 0) is 38.5 Å². The van der Waals surface area contributed by atoms with Gasteiger partial charge >= 0.3 is 0 Å². The Morgan fingerprint density at radius 1 is 0.378 bits per heavy atom. The van der Waals surface area contributed by atoms with Gasteiger partial charge in [-0.25, -0.2) is 0 Å². The second kappa shape index (κ2) is 29.7. The maximum atomic E-state index is 13.1. The second-order valence-electron chi connectivity index (χ2n) is 28.4. The van der Waals surface area contributed by atoms with Gasteiger partial charge in [-0.05, 0) is 201 Å². The molecule has 12 nitrogen and oxygen atoms in total. The fourth-order valence-electron chi connectivity index (χ4n) is 16.2. The van der Waals surface area contributed by atoms with Gasteiger partial charge in [-0.1, -0.05) is 154 Å². The quantitative estimate of drug-likeness (QED) is 0.0875. The van der Waals surface area contributed by atoms with E-state index in [1.54, 1.807) is 0 Å². The number of halogens is 3. The maximum Gasteiger partial charge on any atom is 0.272 e. The van der Waals surface area contributed by atoms with E-state index in [0.717, 1.165) is 131 Å². The summed E-state index contributed by atoms with van der Waals surface area (Å²) in [6, 6.07) is 27.1. The third-order valence-electron chi connectivity index (χ3n) is 21.3. The molecule has 9 aliphatic carbocycles. The molecule has 3 amide bonds. The number of rotatable bonds is 15. The summed E-state index contributed by atoms with van der Waals surface area (Å²) in [7, 11) is 0. The molecule has 3 aromatic carbocycles. The van der Waals surface area contributed by atoms with Gasteiger partial charge in [-0.2, -0.15) is 15.3 Å². The van der Waals surface area contributed by atoms with Gasteiger partial charge in [0.1, 0.15) is 0 Å². The summed E-state index contributed by atoms with van der Waals surface area (Å²) in [5.41, 5.74) is 13.6. The summed E-state index contributed by atoms with van der Waals surface area (Å²) in [4.78, 5) is 39.2. The van der Waals surface area contributed by atoms with Gasteiger partial charge in [-0.15, -0.1) is 0 Å². The van der Waals surface area contributed by atoms with Gasteiger partial charge in [0.25, 0.3) is 17.7 Å². The Hall–Kier alpha value is -5.43. The summed E-state index contributed by atoms with van der Waals surface area (Å²) in [6.07, 6.45) is 41.6. The number of amides is 3. The van der Waals surface area contributed by atoms with Crippen LogP contribution in [0.25, 0.3) is 0 Å². The van der Waals surface area contributed by atoms with Gasteiger partial charge in [-0.3, -0.25) is 28.4 Å². The summed E-state index contributed by atoms with van der Waals surface area (Å²) < 4.78 is 6.90. The molecule has 3 heterocycles. The van der Waals surface area contributed by atoms with Gasteiger partial charge in [0, 0.05) is 84.7 Å². The van der Waals surface area contributed by atoms with E-state index in [1.165, 1.54) is 166 Å². The van der Waals surface area contributed by atoms with Crippen molar-refractivity contribution in [2.24, 2.45) is 0 Å². The van der Waals surface area contributed by atoms with Crippen LogP contribution in [0.2, 0.25) is 15.1 Å². The first-order valence-electron chi connectivity index (χ1n) is 35.6. The van der Waals surface area contributed by atoms with Gasteiger partial charge in [0.2, 0.25) is 0 Å². The highest BCUT2D eigenvalue weighted by Gasteiger charge is 2.38. The second-order valence-corrected chi connectivity index (χ2v) is 29.7. The number of hydrogen-bond acceptors (Lipinski definition) is 6. The molecule has 3 N–H and O–H groups in total. The molecular formula is C75H96Cl3N9O3. The number of fused-ring (bicyclic) bond motifs is 3. The number of carbonyl (C=O) groups excluding carboxylic acids is 3. The SMILES string of the molecule is O=C(NC1CC1)c1nn(C2CCCCC2)c2c1CCCCC2Cc1ccc(Cl)cc1.O=C(NC1CC1)c1nn(C2CCCCC2)c2c1CCCCC2Cc1cccc(Cl)c1.O=C(NC1CC1)c1nn(C2CCCCC2)c2c1CCCCC2Cc1ccccc1Cl. The molecule has 480 valence electrons. The highest BCUT2D eigenvalue weighted by Crippen LogP contribution is 2.44. The molecule has 3 atom stereocenters. The van der Waals surface area contributed by atoms with Crippen molar-refractivity contribution in [3.05, 3.63) is 155 Å². The summed E-state index contributed by atoms with van der Waals surface area (Å²) in [5.74, 6) is 1.33. The normalized spacial score (nSPS) is 22.4. The van der Waals surface area contributed by atoms with E-state index in [-0.39, 0.29) is 17.7 Å². The Balaban J connectivity index is 0.000000124. The molecule has 0 saturated heterocycles. The lowest BCUT2D eigenvalue weighted by Gasteiger charge is -2.27. The molecule has 6 fully saturated rings. The molecule has 6 saturated carbocycles. The van der Waals surface area contributed by atoms with E-state index in [2.05, 4.69) is 66.4 Å². The molecule has 15 rings (SSSR count). The monoisotopic (exact) mass is 1280 g/mol. The van der Waals surface area contributed by atoms with Crippen molar-refractivity contribution in [2.45, 2.75) is 285 Å². The molecule has 0 aliphatic heterocycles. The fraction of sp³-hybridized carbons (Fsp3) is 0.600. The van der Waals surface area contributed by atoms with Crippen molar-refractivity contribution in [1.29, 1.82) is 0 Å². The van der Waals surface area contributed by atoms with Crippen LogP contribution in [0.4, 0.5) is 0 Å². The Bertz CT molecular complexity index is 3430. The van der Waals surface area contributed by atoms with Crippen molar-refractivity contribution in [3.63, 3.8) is 0 Å². The van der Waals surface area contributed by atoms with Gasteiger partial charge in [0.15, 0.2) is 17.1 Å². The first-order valence-corrected chi connectivity index (χ1v) is 36.7.